The summed E-state index contributed by atoms with van der Waals surface area (Å²) in [5.41, 5.74) is 0.410. The number of nitriles is 1. The lowest BCUT2D eigenvalue weighted by molar-refractivity contribution is -0.114. The Morgan fingerprint density at radius 3 is 2.85 bits per heavy atom. The molecule has 2 N–H and O–H groups in total. The van der Waals surface area contributed by atoms with Gasteiger partial charge in [-0.25, -0.2) is 0 Å². The number of phenols is 1. The van der Waals surface area contributed by atoms with Gasteiger partial charge in [0, 0.05) is 6.92 Å². The molecular formula is C9H8N2O2. The third-order valence-corrected chi connectivity index (χ3v) is 1.46. The summed E-state index contributed by atoms with van der Waals surface area (Å²) in [5.74, 6) is -0.407. The Hall–Kier alpha value is -2.02. The van der Waals surface area contributed by atoms with Gasteiger partial charge in [0.25, 0.3) is 0 Å². The molecule has 0 heterocycles. The van der Waals surface area contributed by atoms with Crippen molar-refractivity contribution in [3.63, 3.8) is 0 Å². The first-order valence-electron chi connectivity index (χ1n) is 3.65. The Labute approximate surface area is 75.4 Å². The number of anilines is 1. The predicted molar refractivity (Wildman–Crippen MR) is 47.1 cm³/mol. The summed E-state index contributed by atoms with van der Waals surface area (Å²) in [5, 5.41) is 20.3. The smallest absolute Gasteiger partial charge is 0.221 e. The van der Waals surface area contributed by atoms with Gasteiger partial charge in [0.2, 0.25) is 5.91 Å². The fraction of sp³-hybridized carbons (Fsp3) is 0.111. The van der Waals surface area contributed by atoms with Crippen molar-refractivity contribution >= 4 is 11.6 Å². The molecule has 0 aromatic heterocycles. The number of carbonyl (C=O) groups is 1. The Morgan fingerprint density at radius 2 is 2.31 bits per heavy atom. The average molecular weight is 176 g/mol. The van der Waals surface area contributed by atoms with Crippen molar-refractivity contribution in [1.29, 1.82) is 5.26 Å². The number of nitrogens with one attached hydrogen (secondary N) is 1. The van der Waals surface area contributed by atoms with Gasteiger partial charge in [-0.2, -0.15) is 5.26 Å². The molecule has 0 radical (unpaired) electrons. The number of hydrogen-bond donors (Lipinski definition) is 2. The topological polar surface area (TPSA) is 73.1 Å². The van der Waals surface area contributed by atoms with E-state index < -0.39 is 0 Å². The highest BCUT2D eigenvalue weighted by Crippen LogP contribution is 2.23. The zero-order valence-electron chi connectivity index (χ0n) is 7.03. The predicted octanol–water partition coefficient (Wildman–Crippen LogP) is 1.22. The summed E-state index contributed by atoms with van der Waals surface area (Å²) >= 11 is 0. The van der Waals surface area contributed by atoms with Crippen LogP contribution in [0.4, 0.5) is 5.69 Å². The van der Waals surface area contributed by atoms with E-state index in [-0.39, 0.29) is 17.2 Å². The van der Waals surface area contributed by atoms with Gasteiger partial charge in [0.05, 0.1) is 5.69 Å². The van der Waals surface area contributed by atoms with Crippen molar-refractivity contribution in [2.75, 3.05) is 5.32 Å². The van der Waals surface area contributed by atoms with Crippen LogP contribution in [-0.2, 0) is 4.79 Å². The van der Waals surface area contributed by atoms with E-state index in [9.17, 15) is 9.90 Å². The third-order valence-electron chi connectivity index (χ3n) is 1.46. The SMILES string of the molecule is CC(=O)Nc1cccc(O)c1C#N. The number of aromatic hydroxyl groups is 1. The van der Waals surface area contributed by atoms with Gasteiger partial charge >= 0.3 is 0 Å². The van der Waals surface area contributed by atoms with Gasteiger partial charge in [0.15, 0.2) is 0 Å². The average Bonchev–Trinajstić information content (AvgIpc) is 2.03. The van der Waals surface area contributed by atoms with Crippen LogP contribution < -0.4 is 5.32 Å². The van der Waals surface area contributed by atoms with Crippen LogP contribution in [0.3, 0.4) is 0 Å². The van der Waals surface area contributed by atoms with Crippen molar-refractivity contribution in [3.05, 3.63) is 23.8 Å². The maximum atomic E-state index is 10.7. The Bertz CT molecular complexity index is 380. The van der Waals surface area contributed by atoms with Crippen LogP contribution in [0.1, 0.15) is 12.5 Å². The molecule has 1 aromatic carbocycles. The van der Waals surface area contributed by atoms with E-state index in [1.54, 1.807) is 18.2 Å². The van der Waals surface area contributed by atoms with E-state index >= 15 is 0 Å². The summed E-state index contributed by atoms with van der Waals surface area (Å²) in [6, 6.07) is 6.31. The Kier molecular flexibility index (Phi) is 2.50. The number of phenolic OH excluding ortho intramolecular Hbond substituents is 1. The number of rotatable bonds is 1. The molecule has 0 bridgehead atoms. The minimum absolute atomic E-state index is 0.0812. The maximum absolute atomic E-state index is 10.7. The van der Waals surface area contributed by atoms with Crippen molar-refractivity contribution in [3.8, 4) is 11.8 Å². The monoisotopic (exact) mass is 176 g/mol. The van der Waals surface area contributed by atoms with E-state index in [1.165, 1.54) is 13.0 Å². The van der Waals surface area contributed by atoms with Gasteiger partial charge in [-0.05, 0) is 12.1 Å². The molecule has 4 heteroatoms. The van der Waals surface area contributed by atoms with Crippen LogP contribution in [0.25, 0.3) is 0 Å². The Morgan fingerprint density at radius 1 is 1.62 bits per heavy atom. The fourth-order valence-corrected chi connectivity index (χ4v) is 0.951. The van der Waals surface area contributed by atoms with Crippen LogP contribution in [0.2, 0.25) is 0 Å². The molecule has 13 heavy (non-hydrogen) atoms. The fourth-order valence-electron chi connectivity index (χ4n) is 0.951. The van der Waals surface area contributed by atoms with Gasteiger partial charge < -0.3 is 10.4 Å². The lowest BCUT2D eigenvalue weighted by Crippen LogP contribution is -2.07. The highest BCUT2D eigenvalue weighted by molar-refractivity contribution is 5.90. The number of nitrogens with zero attached hydrogens (tertiary/aromatic N) is 1. The minimum Gasteiger partial charge on any atom is -0.506 e. The molecule has 0 saturated heterocycles. The van der Waals surface area contributed by atoms with E-state index in [1.807, 2.05) is 0 Å². The van der Waals surface area contributed by atoms with Gasteiger partial charge in [0.1, 0.15) is 17.4 Å². The lowest BCUT2D eigenvalue weighted by Gasteiger charge is -2.04. The molecule has 0 spiro atoms. The van der Waals surface area contributed by atoms with E-state index in [0.717, 1.165) is 0 Å². The lowest BCUT2D eigenvalue weighted by atomic mass is 10.2. The second-order valence-electron chi connectivity index (χ2n) is 2.49. The Balaban J connectivity index is 3.14. The molecule has 1 aromatic rings. The number of carbonyl (C=O) groups excluding carboxylic acids is 1. The highest BCUT2D eigenvalue weighted by Gasteiger charge is 2.06. The van der Waals surface area contributed by atoms with Crippen LogP contribution >= 0.6 is 0 Å². The zero-order chi connectivity index (χ0) is 9.84. The van der Waals surface area contributed by atoms with Crippen molar-refractivity contribution in [1.82, 2.24) is 0 Å². The molecule has 0 unspecified atom stereocenters. The number of benzene rings is 1. The largest absolute Gasteiger partial charge is 0.506 e. The van der Waals surface area contributed by atoms with Gasteiger partial charge in [-0.1, -0.05) is 6.07 Å². The first-order valence-corrected chi connectivity index (χ1v) is 3.65. The highest BCUT2D eigenvalue weighted by atomic mass is 16.3. The van der Waals surface area contributed by atoms with Crippen LogP contribution in [0.15, 0.2) is 18.2 Å². The molecule has 0 aliphatic heterocycles. The summed E-state index contributed by atoms with van der Waals surface area (Å²) < 4.78 is 0. The molecule has 0 atom stereocenters. The first-order chi connectivity index (χ1) is 6.15. The van der Waals surface area contributed by atoms with E-state index in [4.69, 9.17) is 5.26 Å². The molecular weight excluding hydrogens is 168 g/mol. The summed E-state index contributed by atoms with van der Waals surface area (Å²) in [7, 11) is 0. The van der Waals surface area contributed by atoms with E-state index in [0.29, 0.717) is 5.69 Å². The van der Waals surface area contributed by atoms with Crippen molar-refractivity contribution < 1.29 is 9.90 Å². The molecule has 1 amide bonds. The normalized spacial score (nSPS) is 8.92. The third kappa shape index (κ3) is 1.97. The van der Waals surface area contributed by atoms with Crippen molar-refractivity contribution in [2.24, 2.45) is 0 Å². The van der Waals surface area contributed by atoms with Crippen LogP contribution in [-0.4, -0.2) is 11.0 Å². The van der Waals surface area contributed by atoms with Crippen molar-refractivity contribution in [2.45, 2.75) is 6.92 Å². The molecule has 0 aliphatic carbocycles. The molecule has 0 saturated carbocycles. The summed E-state index contributed by atoms with van der Waals surface area (Å²) in [6.07, 6.45) is 0. The van der Waals surface area contributed by atoms with Crippen LogP contribution in [0.5, 0.6) is 5.75 Å². The maximum Gasteiger partial charge on any atom is 0.221 e. The van der Waals surface area contributed by atoms with Crippen LogP contribution in [0, 0.1) is 11.3 Å². The number of hydrogen-bond acceptors (Lipinski definition) is 3. The minimum atomic E-state index is -0.276. The summed E-state index contributed by atoms with van der Waals surface area (Å²) in [4.78, 5) is 10.7. The molecule has 1 rings (SSSR count). The standard InChI is InChI=1S/C9H8N2O2/c1-6(12)11-8-3-2-4-9(13)7(8)5-10/h2-4,13H,1H3,(H,11,12). The van der Waals surface area contributed by atoms with Gasteiger partial charge in [-0.15, -0.1) is 0 Å². The van der Waals surface area contributed by atoms with Gasteiger partial charge in [-0.3, -0.25) is 4.79 Å². The first kappa shape index (κ1) is 9.07. The second kappa shape index (κ2) is 3.59. The second-order valence-corrected chi connectivity index (χ2v) is 2.49. The zero-order valence-corrected chi connectivity index (χ0v) is 7.03. The molecule has 0 aliphatic rings. The quantitative estimate of drug-likeness (QED) is 0.675. The summed E-state index contributed by atoms with van der Waals surface area (Å²) in [6.45, 7) is 1.34. The number of amides is 1. The van der Waals surface area contributed by atoms with E-state index in [2.05, 4.69) is 5.32 Å². The molecule has 0 fully saturated rings. The molecule has 4 nitrogen and oxygen atoms in total. The molecule has 66 valence electrons.